The summed E-state index contributed by atoms with van der Waals surface area (Å²) in [5, 5.41) is 11.4. The van der Waals surface area contributed by atoms with Gasteiger partial charge in [0.25, 0.3) is 0 Å². The van der Waals surface area contributed by atoms with Crippen LogP contribution in [0, 0.1) is 13.8 Å². The first kappa shape index (κ1) is 24.2. The van der Waals surface area contributed by atoms with Crippen LogP contribution >= 0.6 is 11.8 Å². The molecule has 3 aromatic carbocycles. The lowest BCUT2D eigenvalue weighted by Gasteiger charge is -2.17. The average Bonchev–Trinajstić information content (AvgIpc) is 3.21. The fourth-order valence-electron chi connectivity index (χ4n) is 3.79. The number of anilines is 1. The van der Waals surface area contributed by atoms with Crippen molar-refractivity contribution in [2.45, 2.75) is 24.3 Å². The summed E-state index contributed by atoms with van der Waals surface area (Å²) in [5.74, 6) is 7.80. The fourth-order valence-corrected chi connectivity index (χ4v) is 4.75. The Hall–Kier alpha value is -3.98. The van der Waals surface area contributed by atoms with E-state index in [9.17, 15) is 4.79 Å². The summed E-state index contributed by atoms with van der Waals surface area (Å²) >= 11 is 1.23. The van der Waals surface area contributed by atoms with Crippen molar-refractivity contribution < 1.29 is 14.3 Å². The van der Waals surface area contributed by atoms with E-state index in [2.05, 4.69) is 21.6 Å². The van der Waals surface area contributed by atoms with Gasteiger partial charge in [0.1, 0.15) is 5.25 Å². The van der Waals surface area contributed by atoms with E-state index in [1.165, 1.54) is 16.4 Å². The van der Waals surface area contributed by atoms with Crippen molar-refractivity contribution in [1.29, 1.82) is 0 Å². The summed E-state index contributed by atoms with van der Waals surface area (Å²) in [4.78, 5) is 13.4. The SMILES string of the molecule is COc1ccc(-c2nnc(S[C@@H](C(=O)Nc3cc(C)cc(C)c3)c3ccccc3)n2N)cc1OC. The van der Waals surface area contributed by atoms with E-state index in [0.717, 1.165) is 22.4 Å². The van der Waals surface area contributed by atoms with E-state index >= 15 is 0 Å². The summed E-state index contributed by atoms with van der Waals surface area (Å²) in [7, 11) is 3.14. The second-order valence-corrected chi connectivity index (χ2v) is 9.09. The molecule has 0 saturated heterocycles. The molecule has 3 N–H and O–H groups in total. The Bertz CT molecular complexity index is 1320. The molecule has 35 heavy (non-hydrogen) atoms. The lowest BCUT2D eigenvalue weighted by molar-refractivity contribution is -0.115. The van der Waals surface area contributed by atoms with Gasteiger partial charge in [0.2, 0.25) is 11.1 Å². The fraction of sp³-hybridized carbons (Fsp3) is 0.192. The van der Waals surface area contributed by atoms with Crippen LogP contribution in [0.2, 0.25) is 0 Å². The van der Waals surface area contributed by atoms with Crippen molar-refractivity contribution in [1.82, 2.24) is 14.9 Å². The van der Waals surface area contributed by atoms with Gasteiger partial charge in [-0.25, -0.2) is 4.68 Å². The first-order valence-corrected chi connectivity index (χ1v) is 11.8. The number of hydrogen-bond donors (Lipinski definition) is 2. The zero-order chi connectivity index (χ0) is 24.9. The zero-order valence-corrected chi connectivity index (χ0v) is 20.8. The van der Waals surface area contributed by atoms with Crippen molar-refractivity contribution in [2.24, 2.45) is 0 Å². The van der Waals surface area contributed by atoms with E-state index < -0.39 is 5.25 Å². The number of thioether (sulfide) groups is 1. The molecule has 0 aliphatic rings. The van der Waals surface area contributed by atoms with E-state index in [1.54, 1.807) is 26.4 Å². The van der Waals surface area contributed by atoms with Crippen LogP contribution < -0.4 is 20.6 Å². The number of nitrogens with two attached hydrogens (primary N) is 1. The third-order valence-electron chi connectivity index (χ3n) is 5.36. The zero-order valence-electron chi connectivity index (χ0n) is 20.0. The number of nitrogen functional groups attached to an aromatic ring is 1. The highest BCUT2D eigenvalue weighted by Gasteiger charge is 2.26. The molecule has 0 radical (unpaired) electrons. The van der Waals surface area contributed by atoms with Gasteiger partial charge in [-0.3, -0.25) is 4.79 Å². The highest BCUT2D eigenvalue weighted by Crippen LogP contribution is 2.37. The molecule has 0 spiro atoms. The molecule has 0 bridgehead atoms. The molecule has 0 aliphatic heterocycles. The molecule has 4 aromatic rings. The van der Waals surface area contributed by atoms with Crippen molar-refractivity contribution in [2.75, 3.05) is 25.4 Å². The number of carbonyl (C=O) groups excluding carboxylic acids is 1. The second kappa shape index (κ2) is 10.5. The van der Waals surface area contributed by atoms with Gasteiger partial charge in [0.15, 0.2) is 17.3 Å². The number of benzene rings is 3. The Morgan fingerprint density at radius 1 is 0.943 bits per heavy atom. The molecule has 1 aromatic heterocycles. The van der Waals surface area contributed by atoms with Crippen molar-refractivity contribution in [3.8, 4) is 22.9 Å². The van der Waals surface area contributed by atoms with Gasteiger partial charge in [-0.05, 0) is 60.9 Å². The monoisotopic (exact) mass is 489 g/mol. The van der Waals surface area contributed by atoms with E-state index in [0.29, 0.717) is 28.0 Å². The highest BCUT2D eigenvalue weighted by atomic mass is 32.2. The Kier molecular flexibility index (Phi) is 7.26. The minimum atomic E-state index is -0.596. The van der Waals surface area contributed by atoms with E-state index in [-0.39, 0.29) is 5.91 Å². The van der Waals surface area contributed by atoms with Crippen LogP contribution in [0.25, 0.3) is 11.4 Å². The number of hydrogen-bond acceptors (Lipinski definition) is 7. The largest absolute Gasteiger partial charge is 0.493 e. The third kappa shape index (κ3) is 5.41. The van der Waals surface area contributed by atoms with Gasteiger partial charge in [-0.2, -0.15) is 0 Å². The maximum absolute atomic E-state index is 13.4. The molecule has 0 aliphatic carbocycles. The first-order chi connectivity index (χ1) is 16.9. The number of ether oxygens (including phenoxy) is 2. The molecular formula is C26H27N5O3S. The minimum Gasteiger partial charge on any atom is -0.493 e. The molecular weight excluding hydrogens is 462 g/mol. The maximum atomic E-state index is 13.4. The molecule has 180 valence electrons. The highest BCUT2D eigenvalue weighted by molar-refractivity contribution is 8.00. The summed E-state index contributed by atoms with van der Waals surface area (Å²) in [6, 6.07) is 20.9. The average molecular weight is 490 g/mol. The second-order valence-electron chi connectivity index (χ2n) is 8.02. The number of amides is 1. The van der Waals surface area contributed by atoms with Crippen molar-refractivity contribution in [3.05, 3.63) is 83.4 Å². The standard InChI is InChI=1S/C26H27N5O3S/c1-16-12-17(2)14-20(13-16)28-25(32)23(18-8-6-5-7-9-18)35-26-30-29-24(31(26)27)19-10-11-21(33-3)22(15-19)34-4/h5-15,23H,27H2,1-4H3,(H,28,32)/t23-/m1/s1. The van der Waals surface area contributed by atoms with Crippen LogP contribution in [-0.2, 0) is 4.79 Å². The summed E-state index contributed by atoms with van der Waals surface area (Å²) in [6.07, 6.45) is 0. The first-order valence-electron chi connectivity index (χ1n) is 10.9. The number of nitrogens with one attached hydrogen (secondary N) is 1. The van der Waals surface area contributed by atoms with E-state index in [1.807, 2.05) is 62.4 Å². The minimum absolute atomic E-state index is 0.179. The van der Waals surface area contributed by atoms with Crippen LogP contribution in [0.15, 0.2) is 71.9 Å². The lowest BCUT2D eigenvalue weighted by atomic mass is 10.1. The van der Waals surface area contributed by atoms with Gasteiger partial charge >= 0.3 is 0 Å². The number of carbonyl (C=O) groups is 1. The Morgan fingerprint density at radius 3 is 2.29 bits per heavy atom. The Balaban J connectivity index is 1.64. The molecule has 9 heteroatoms. The Morgan fingerprint density at radius 2 is 1.63 bits per heavy atom. The third-order valence-corrected chi connectivity index (χ3v) is 6.57. The number of nitrogens with zero attached hydrogens (tertiary/aromatic N) is 3. The van der Waals surface area contributed by atoms with Gasteiger partial charge < -0.3 is 20.6 Å². The smallest absolute Gasteiger partial charge is 0.242 e. The lowest BCUT2D eigenvalue weighted by Crippen LogP contribution is -2.20. The van der Waals surface area contributed by atoms with Gasteiger partial charge in [0, 0.05) is 11.3 Å². The van der Waals surface area contributed by atoms with E-state index in [4.69, 9.17) is 15.3 Å². The molecule has 1 heterocycles. The number of aryl methyl sites for hydroxylation is 2. The van der Waals surface area contributed by atoms with Gasteiger partial charge in [0.05, 0.1) is 14.2 Å². The van der Waals surface area contributed by atoms with Crippen LogP contribution in [0.3, 0.4) is 0 Å². The van der Waals surface area contributed by atoms with Gasteiger partial charge in [-0.15, -0.1) is 10.2 Å². The molecule has 4 rings (SSSR count). The van der Waals surface area contributed by atoms with Crippen LogP contribution in [-0.4, -0.2) is 35.0 Å². The van der Waals surface area contributed by atoms with Crippen LogP contribution in [0.5, 0.6) is 11.5 Å². The number of aromatic nitrogens is 3. The predicted molar refractivity (Wildman–Crippen MR) is 138 cm³/mol. The summed E-state index contributed by atoms with van der Waals surface area (Å²) in [5.41, 5.74) is 4.43. The number of rotatable bonds is 8. The molecule has 1 amide bonds. The van der Waals surface area contributed by atoms with Crippen molar-refractivity contribution in [3.63, 3.8) is 0 Å². The van der Waals surface area contributed by atoms with Crippen LogP contribution in [0.1, 0.15) is 21.9 Å². The maximum Gasteiger partial charge on any atom is 0.242 e. The normalized spacial score (nSPS) is 11.7. The Labute approximate surface area is 208 Å². The molecule has 0 fully saturated rings. The summed E-state index contributed by atoms with van der Waals surface area (Å²) in [6.45, 7) is 4.00. The number of methoxy groups -OCH3 is 2. The molecule has 0 saturated carbocycles. The quantitative estimate of drug-likeness (QED) is 0.271. The predicted octanol–water partition coefficient (Wildman–Crippen LogP) is 4.77. The molecule has 8 nitrogen and oxygen atoms in total. The van der Waals surface area contributed by atoms with Crippen LogP contribution in [0.4, 0.5) is 5.69 Å². The topological polar surface area (TPSA) is 104 Å². The van der Waals surface area contributed by atoms with Crippen molar-refractivity contribution >= 4 is 23.4 Å². The molecule has 0 unspecified atom stereocenters. The van der Waals surface area contributed by atoms with Gasteiger partial charge in [-0.1, -0.05) is 48.2 Å². The molecule has 1 atom stereocenters. The summed E-state index contributed by atoms with van der Waals surface area (Å²) < 4.78 is 12.1.